The zero-order valence-electron chi connectivity index (χ0n) is 8.93. The molecule has 0 bridgehead atoms. The molecule has 0 aliphatic rings. The fraction of sp³-hybridized carbons (Fsp3) is 0.364. The lowest BCUT2D eigenvalue weighted by molar-refractivity contribution is -0.119. The number of carbonyl (C=O) groups excluding carboxylic acids is 1. The van der Waals surface area contributed by atoms with E-state index in [4.69, 9.17) is 0 Å². The second-order valence-electron chi connectivity index (χ2n) is 3.47. The number of nitrogens with one attached hydrogen (secondary N) is 1. The van der Waals surface area contributed by atoms with Crippen LogP contribution in [0.1, 0.15) is 37.4 Å². The molecule has 1 aromatic rings. The van der Waals surface area contributed by atoms with Gasteiger partial charge in [0.05, 0.1) is 11.6 Å². The number of rotatable bonds is 3. The van der Waals surface area contributed by atoms with Gasteiger partial charge in [-0.3, -0.25) is 4.79 Å². The lowest BCUT2D eigenvalue weighted by atomic mass is 10.0. The highest BCUT2D eigenvalue weighted by Gasteiger charge is 2.19. The molecule has 0 aliphatic heterocycles. The Morgan fingerprint density at radius 1 is 1.31 bits per heavy atom. The highest BCUT2D eigenvalue weighted by molar-refractivity contribution is 5.73. The molecular formula is C11H12F3NO. The average Bonchev–Trinajstić information content (AvgIpc) is 2.16. The van der Waals surface area contributed by atoms with E-state index in [1.165, 1.54) is 26.0 Å². The fourth-order valence-electron chi connectivity index (χ4n) is 1.45. The normalized spacial score (nSPS) is 12.6. The van der Waals surface area contributed by atoms with Crippen molar-refractivity contribution in [1.82, 2.24) is 5.32 Å². The quantitative estimate of drug-likeness (QED) is 0.851. The molecule has 1 aromatic carbocycles. The number of halogens is 3. The molecular weight excluding hydrogens is 219 g/mol. The zero-order chi connectivity index (χ0) is 12.3. The monoisotopic (exact) mass is 231 g/mol. The van der Waals surface area contributed by atoms with Crippen LogP contribution in [0.3, 0.4) is 0 Å². The van der Waals surface area contributed by atoms with Crippen LogP contribution in [0.25, 0.3) is 0 Å². The van der Waals surface area contributed by atoms with Crippen molar-refractivity contribution >= 4 is 5.91 Å². The zero-order valence-corrected chi connectivity index (χ0v) is 8.93. The second kappa shape index (κ2) is 5.01. The molecule has 0 radical (unpaired) electrons. The Balaban J connectivity index is 3.05. The van der Waals surface area contributed by atoms with Gasteiger partial charge in [-0.15, -0.1) is 0 Å². The minimum atomic E-state index is -2.86. The molecule has 0 unspecified atom stereocenters. The van der Waals surface area contributed by atoms with Crippen LogP contribution < -0.4 is 5.32 Å². The maximum Gasteiger partial charge on any atom is 0.266 e. The SMILES string of the molecule is CC(=O)N[C@H](C)c1cccc(C(F)F)c1F. The number of alkyl halides is 2. The fourth-order valence-corrected chi connectivity index (χ4v) is 1.45. The lowest BCUT2D eigenvalue weighted by Crippen LogP contribution is -2.24. The van der Waals surface area contributed by atoms with Crippen LogP contribution in [0.5, 0.6) is 0 Å². The van der Waals surface area contributed by atoms with E-state index in [-0.39, 0.29) is 11.5 Å². The molecule has 1 N–H and O–H groups in total. The molecule has 1 amide bonds. The van der Waals surface area contributed by atoms with Gasteiger partial charge in [0.1, 0.15) is 5.82 Å². The molecule has 1 rings (SSSR count). The first-order chi connectivity index (χ1) is 7.43. The topological polar surface area (TPSA) is 29.1 Å². The minimum Gasteiger partial charge on any atom is -0.350 e. The summed E-state index contributed by atoms with van der Waals surface area (Å²) in [6.45, 7) is 2.82. The third-order valence-electron chi connectivity index (χ3n) is 2.18. The molecule has 16 heavy (non-hydrogen) atoms. The van der Waals surface area contributed by atoms with Crippen LogP contribution in [-0.2, 0) is 4.79 Å². The summed E-state index contributed by atoms with van der Waals surface area (Å²) >= 11 is 0. The van der Waals surface area contributed by atoms with Crippen LogP contribution in [-0.4, -0.2) is 5.91 Å². The van der Waals surface area contributed by atoms with E-state index >= 15 is 0 Å². The highest BCUT2D eigenvalue weighted by atomic mass is 19.3. The summed E-state index contributed by atoms with van der Waals surface area (Å²) in [4.78, 5) is 10.8. The Labute approximate surface area is 91.5 Å². The summed E-state index contributed by atoms with van der Waals surface area (Å²) in [5, 5.41) is 2.44. The molecule has 0 heterocycles. The van der Waals surface area contributed by atoms with Crippen molar-refractivity contribution in [2.45, 2.75) is 26.3 Å². The van der Waals surface area contributed by atoms with Crippen molar-refractivity contribution in [2.75, 3.05) is 0 Å². The molecule has 5 heteroatoms. The molecule has 0 spiro atoms. The summed E-state index contributed by atoms with van der Waals surface area (Å²) in [6, 6.07) is 3.13. The first kappa shape index (κ1) is 12.5. The summed E-state index contributed by atoms with van der Waals surface area (Å²) in [7, 11) is 0. The molecule has 0 aliphatic carbocycles. The van der Waals surface area contributed by atoms with E-state index in [2.05, 4.69) is 5.32 Å². The number of benzene rings is 1. The molecule has 88 valence electrons. The molecule has 1 atom stereocenters. The molecule has 2 nitrogen and oxygen atoms in total. The maximum atomic E-state index is 13.6. The summed E-state index contributed by atoms with van der Waals surface area (Å²) in [6.07, 6.45) is -2.86. The molecule has 0 fully saturated rings. The minimum absolute atomic E-state index is 0.0630. The van der Waals surface area contributed by atoms with Crippen molar-refractivity contribution < 1.29 is 18.0 Å². The predicted molar refractivity (Wildman–Crippen MR) is 53.6 cm³/mol. The van der Waals surface area contributed by atoms with Gasteiger partial charge in [0.25, 0.3) is 6.43 Å². The van der Waals surface area contributed by atoms with Gasteiger partial charge in [0.15, 0.2) is 0 Å². The summed E-state index contributed by atoms with van der Waals surface area (Å²) in [5.41, 5.74) is -0.581. The summed E-state index contributed by atoms with van der Waals surface area (Å²) in [5.74, 6) is -1.30. The largest absolute Gasteiger partial charge is 0.350 e. The average molecular weight is 231 g/mol. The van der Waals surface area contributed by atoms with E-state index in [0.717, 1.165) is 6.07 Å². The van der Waals surface area contributed by atoms with Crippen molar-refractivity contribution in [3.05, 3.63) is 35.1 Å². The van der Waals surface area contributed by atoms with Gasteiger partial charge in [-0.1, -0.05) is 18.2 Å². The van der Waals surface area contributed by atoms with Gasteiger partial charge in [-0.05, 0) is 6.92 Å². The van der Waals surface area contributed by atoms with Crippen LogP contribution in [0.4, 0.5) is 13.2 Å². The first-order valence-corrected chi connectivity index (χ1v) is 4.77. The Morgan fingerprint density at radius 3 is 2.38 bits per heavy atom. The number of amides is 1. The van der Waals surface area contributed by atoms with Gasteiger partial charge in [0.2, 0.25) is 5.91 Å². The van der Waals surface area contributed by atoms with Crippen molar-refractivity contribution in [1.29, 1.82) is 0 Å². The van der Waals surface area contributed by atoms with Gasteiger partial charge < -0.3 is 5.32 Å². The Hall–Kier alpha value is -1.52. The van der Waals surface area contributed by atoms with Crippen molar-refractivity contribution in [2.24, 2.45) is 0 Å². The van der Waals surface area contributed by atoms with E-state index in [0.29, 0.717) is 0 Å². The smallest absolute Gasteiger partial charge is 0.266 e. The van der Waals surface area contributed by atoms with Crippen LogP contribution in [0.2, 0.25) is 0 Å². The third kappa shape index (κ3) is 2.74. The Morgan fingerprint density at radius 2 is 1.88 bits per heavy atom. The van der Waals surface area contributed by atoms with Crippen LogP contribution >= 0.6 is 0 Å². The van der Waals surface area contributed by atoms with E-state index < -0.39 is 23.8 Å². The summed E-state index contributed by atoms with van der Waals surface area (Å²) < 4.78 is 38.4. The van der Waals surface area contributed by atoms with Crippen LogP contribution in [0.15, 0.2) is 18.2 Å². The molecule has 0 saturated carbocycles. The lowest BCUT2D eigenvalue weighted by Gasteiger charge is -2.15. The number of carbonyl (C=O) groups is 1. The van der Waals surface area contributed by atoms with Crippen LogP contribution in [0, 0.1) is 5.82 Å². The van der Waals surface area contributed by atoms with Crippen molar-refractivity contribution in [3.63, 3.8) is 0 Å². The van der Waals surface area contributed by atoms with E-state index in [9.17, 15) is 18.0 Å². The van der Waals surface area contributed by atoms with E-state index in [1.54, 1.807) is 0 Å². The van der Waals surface area contributed by atoms with Gasteiger partial charge in [-0.2, -0.15) is 0 Å². The molecule has 0 aromatic heterocycles. The number of hydrogen-bond acceptors (Lipinski definition) is 1. The highest BCUT2D eigenvalue weighted by Crippen LogP contribution is 2.26. The third-order valence-corrected chi connectivity index (χ3v) is 2.18. The van der Waals surface area contributed by atoms with Gasteiger partial charge >= 0.3 is 0 Å². The number of hydrogen-bond donors (Lipinski definition) is 1. The Kier molecular flexibility index (Phi) is 3.93. The standard InChI is InChI=1S/C11H12F3NO/c1-6(15-7(2)16)8-4-3-5-9(10(8)12)11(13)14/h3-6,11H,1-2H3,(H,15,16)/t6-/m1/s1. The predicted octanol–water partition coefficient (Wildman–Crippen LogP) is 2.96. The first-order valence-electron chi connectivity index (χ1n) is 4.77. The van der Waals surface area contributed by atoms with Gasteiger partial charge in [0, 0.05) is 12.5 Å². The van der Waals surface area contributed by atoms with Gasteiger partial charge in [-0.25, -0.2) is 13.2 Å². The van der Waals surface area contributed by atoms with Crippen molar-refractivity contribution in [3.8, 4) is 0 Å². The molecule has 0 saturated heterocycles. The van der Waals surface area contributed by atoms with E-state index in [1.807, 2.05) is 0 Å². The second-order valence-corrected chi connectivity index (χ2v) is 3.47. The maximum absolute atomic E-state index is 13.6. The Bertz CT molecular complexity index is 393.